The van der Waals surface area contributed by atoms with Crippen molar-refractivity contribution >= 4 is 68.0 Å². The van der Waals surface area contributed by atoms with Crippen LogP contribution in [0.3, 0.4) is 0 Å². The lowest BCUT2D eigenvalue weighted by molar-refractivity contribution is -0.114. The van der Waals surface area contributed by atoms with Crippen molar-refractivity contribution in [2.45, 2.75) is 24.7 Å². The van der Waals surface area contributed by atoms with Crippen molar-refractivity contribution in [1.82, 2.24) is 4.98 Å². The standard InChI is InChI=1S/C23H23N5O6S2.CH3NO2/c1-14(29)26-22-28-19(12-5-15-3-6-16(7-4-15)24-13-25-23(31)32)20(35-22)21(30)27-17-8-10-18(11-9-17)36(2,33)34;2-1(3)4/h3-4,6-11,13H,5,12H2,1-2H3,(H,24,25)(H,27,30)(H,31,32)(H,26,28,29);2H2,(H,3,4). The molecular formula is C24H26N6O8S2. The molecule has 0 spiro atoms. The highest BCUT2D eigenvalue weighted by atomic mass is 32.2. The number of hydrogen-bond acceptors (Lipinski definition) is 8. The zero-order chi connectivity index (χ0) is 29.9. The molecule has 0 saturated carbocycles. The third kappa shape index (κ3) is 10.9. The molecule has 16 heteroatoms. The Kier molecular flexibility index (Phi) is 11.3. The first-order valence-corrected chi connectivity index (χ1v) is 13.9. The average molecular weight is 591 g/mol. The highest BCUT2D eigenvalue weighted by Crippen LogP contribution is 2.26. The van der Waals surface area contributed by atoms with Gasteiger partial charge in [0.05, 0.1) is 16.9 Å². The number of hydrogen-bond donors (Lipinski definition) is 6. The van der Waals surface area contributed by atoms with Gasteiger partial charge in [-0.2, -0.15) is 4.99 Å². The maximum atomic E-state index is 13.0. The van der Waals surface area contributed by atoms with Gasteiger partial charge in [-0.15, -0.1) is 0 Å². The number of carboxylic acid groups (broad SMARTS) is 2. The maximum Gasteiger partial charge on any atom is 0.432 e. The Balaban J connectivity index is 0.00000131. The Hall–Kier alpha value is -4.83. The van der Waals surface area contributed by atoms with Crippen molar-refractivity contribution in [1.29, 1.82) is 0 Å². The molecule has 0 fully saturated rings. The second-order valence-corrected chi connectivity index (χ2v) is 11.0. The van der Waals surface area contributed by atoms with Crippen molar-refractivity contribution < 1.29 is 37.8 Å². The van der Waals surface area contributed by atoms with Gasteiger partial charge in [0, 0.05) is 24.6 Å². The fourth-order valence-corrected chi connectivity index (χ4v) is 4.65. The van der Waals surface area contributed by atoms with Gasteiger partial charge in [0.25, 0.3) is 5.91 Å². The molecule has 14 nitrogen and oxygen atoms in total. The second-order valence-electron chi connectivity index (χ2n) is 7.95. The van der Waals surface area contributed by atoms with Gasteiger partial charge in [-0.1, -0.05) is 23.5 Å². The van der Waals surface area contributed by atoms with Gasteiger partial charge in [-0.05, 0) is 54.8 Å². The molecule has 3 rings (SSSR count). The highest BCUT2D eigenvalue weighted by Gasteiger charge is 2.19. The van der Waals surface area contributed by atoms with Crippen LogP contribution >= 0.6 is 11.3 Å². The number of carbonyl (C=O) groups is 4. The van der Waals surface area contributed by atoms with E-state index >= 15 is 0 Å². The van der Waals surface area contributed by atoms with Crippen LogP contribution in [-0.4, -0.2) is 60.2 Å². The summed E-state index contributed by atoms with van der Waals surface area (Å²) < 4.78 is 23.3. The van der Waals surface area contributed by atoms with Crippen molar-refractivity contribution in [3.8, 4) is 0 Å². The predicted octanol–water partition coefficient (Wildman–Crippen LogP) is 3.28. The van der Waals surface area contributed by atoms with Crippen molar-refractivity contribution in [3.63, 3.8) is 0 Å². The van der Waals surface area contributed by atoms with Crippen LogP contribution in [0.5, 0.6) is 0 Å². The molecule has 0 aliphatic carbocycles. The van der Waals surface area contributed by atoms with Crippen LogP contribution < -0.4 is 21.7 Å². The molecule has 40 heavy (non-hydrogen) atoms. The van der Waals surface area contributed by atoms with Crippen LogP contribution in [0.4, 0.5) is 26.1 Å². The summed E-state index contributed by atoms with van der Waals surface area (Å²) in [6, 6.07) is 13.0. The average Bonchev–Trinajstić information content (AvgIpc) is 3.25. The molecule has 0 saturated heterocycles. The van der Waals surface area contributed by atoms with Gasteiger partial charge >= 0.3 is 12.2 Å². The van der Waals surface area contributed by atoms with E-state index in [0.29, 0.717) is 39.9 Å². The Morgan fingerprint density at radius 3 is 2.08 bits per heavy atom. The SMILES string of the molecule is CC(=O)Nc1nc(CCc2ccc(NC=NC(=O)O)cc2)c(C(=O)Nc2ccc(S(C)(=O)=O)cc2)s1.NC(=O)O. The van der Waals surface area contributed by atoms with Crippen molar-refractivity contribution in [2.75, 3.05) is 22.2 Å². The summed E-state index contributed by atoms with van der Waals surface area (Å²) >= 11 is 1.05. The van der Waals surface area contributed by atoms with E-state index in [1.54, 1.807) is 12.1 Å². The largest absolute Gasteiger partial charge is 0.465 e. The number of primary amides is 1. The fourth-order valence-electron chi connectivity index (χ4n) is 3.07. The quantitative estimate of drug-likeness (QED) is 0.157. The maximum absolute atomic E-state index is 13.0. The number of benzene rings is 2. The Labute approximate surface area is 232 Å². The number of nitrogens with two attached hydrogens (primary N) is 1. The molecule has 0 aliphatic rings. The molecular weight excluding hydrogens is 564 g/mol. The first-order valence-electron chi connectivity index (χ1n) is 11.2. The van der Waals surface area contributed by atoms with Crippen LogP contribution in [-0.2, 0) is 27.5 Å². The summed E-state index contributed by atoms with van der Waals surface area (Å²) in [4.78, 5) is 51.8. The molecule has 0 atom stereocenters. The summed E-state index contributed by atoms with van der Waals surface area (Å²) in [7, 11) is -3.35. The third-order valence-corrected chi connectivity index (χ3v) is 6.88. The molecule has 4 amide bonds. The van der Waals surface area contributed by atoms with Gasteiger partial charge < -0.3 is 31.9 Å². The molecule has 2 aromatic carbocycles. The number of nitrogens with zero attached hydrogens (tertiary/aromatic N) is 2. The number of aromatic nitrogens is 1. The molecule has 0 bridgehead atoms. The van der Waals surface area contributed by atoms with Crippen molar-refractivity contribution in [2.24, 2.45) is 10.7 Å². The molecule has 0 radical (unpaired) electrons. The summed E-state index contributed by atoms with van der Waals surface area (Å²) in [5, 5.41) is 24.1. The number of nitrogens with one attached hydrogen (secondary N) is 3. The van der Waals surface area contributed by atoms with Crippen LogP contribution in [0.1, 0.15) is 27.9 Å². The van der Waals surface area contributed by atoms with Gasteiger partial charge in [0.1, 0.15) is 4.88 Å². The molecule has 1 aromatic heterocycles. The summed E-state index contributed by atoms with van der Waals surface area (Å²) in [6.45, 7) is 1.35. The number of thiazole rings is 1. The summed E-state index contributed by atoms with van der Waals surface area (Å²) in [5.41, 5.74) is 6.56. The number of aliphatic imine (C=N–C) groups is 1. The zero-order valence-electron chi connectivity index (χ0n) is 21.2. The molecule has 7 N–H and O–H groups in total. The first kappa shape index (κ1) is 31.4. The van der Waals surface area contributed by atoms with Crippen LogP contribution in [0.15, 0.2) is 58.4 Å². The molecule has 0 unspecified atom stereocenters. The minimum absolute atomic E-state index is 0.141. The van der Waals surface area contributed by atoms with Crippen LogP contribution in [0, 0.1) is 0 Å². The monoisotopic (exact) mass is 590 g/mol. The minimum Gasteiger partial charge on any atom is -0.465 e. The van der Waals surface area contributed by atoms with Crippen molar-refractivity contribution in [3.05, 3.63) is 64.7 Å². The lowest BCUT2D eigenvalue weighted by Gasteiger charge is -2.07. The number of amides is 4. The van der Waals surface area contributed by atoms with E-state index in [0.717, 1.165) is 29.5 Å². The van der Waals surface area contributed by atoms with E-state index in [9.17, 15) is 22.8 Å². The van der Waals surface area contributed by atoms with Gasteiger partial charge in [0.15, 0.2) is 15.0 Å². The Morgan fingerprint density at radius 1 is 0.975 bits per heavy atom. The predicted molar refractivity (Wildman–Crippen MR) is 150 cm³/mol. The minimum atomic E-state index is -3.35. The molecule has 212 valence electrons. The normalized spacial score (nSPS) is 10.8. The van der Waals surface area contributed by atoms with E-state index in [1.807, 2.05) is 12.1 Å². The number of rotatable bonds is 9. The summed E-state index contributed by atoms with van der Waals surface area (Å²) in [5.74, 6) is -0.739. The first-order chi connectivity index (χ1) is 18.7. The topological polar surface area (TPSA) is 230 Å². The lowest BCUT2D eigenvalue weighted by atomic mass is 10.1. The number of carbonyl (C=O) groups excluding carboxylic acids is 2. The summed E-state index contributed by atoms with van der Waals surface area (Å²) in [6.07, 6.45) is 0.517. The van der Waals surface area contributed by atoms with Gasteiger partial charge in [-0.3, -0.25) is 9.59 Å². The van der Waals surface area contributed by atoms with E-state index in [1.165, 1.54) is 31.2 Å². The molecule has 1 heterocycles. The number of aryl methyl sites for hydroxylation is 2. The van der Waals surface area contributed by atoms with E-state index < -0.39 is 27.9 Å². The Morgan fingerprint density at radius 2 is 1.55 bits per heavy atom. The molecule has 0 aliphatic heterocycles. The van der Waals surface area contributed by atoms with Crippen LogP contribution in [0.2, 0.25) is 0 Å². The van der Waals surface area contributed by atoms with Crippen LogP contribution in [0.25, 0.3) is 0 Å². The smallest absolute Gasteiger partial charge is 0.432 e. The fraction of sp³-hybridized carbons (Fsp3) is 0.167. The zero-order valence-corrected chi connectivity index (χ0v) is 22.9. The Bertz CT molecular complexity index is 1500. The third-order valence-electron chi connectivity index (χ3n) is 4.74. The van der Waals surface area contributed by atoms with E-state index in [2.05, 4.69) is 31.7 Å². The van der Waals surface area contributed by atoms with Gasteiger partial charge in [-0.25, -0.2) is 23.0 Å². The number of anilines is 3. The molecule has 3 aromatic rings. The lowest BCUT2D eigenvalue weighted by Crippen LogP contribution is -2.13. The number of sulfone groups is 1. The highest BCUT2D eigenvalue weighted by molar-refractivity contribution is 7.90. The van der Waals surface area contributed by atoms with E-state index in [-0.39, 0.29) is 10.8 Å². The van der Waals surface area contributed by atoms with E-state index in [4.69, 9.17) is 15.0 Å². The van der Waals surface area contributed by atoms with Gasteiger partial charge in [0.2, 0.25) is 5.91 Å². The second kappa shape index (κ2) is 14.4.